The molecule has 36 heavy (non-hydrogen) atoms. The van der Waals surface area contributed by atoms with Gasteiger partial charge >= 0.3 is 0 Å². The third-order valence-electron chi connectivity index (χ3n) is 6.95. The highest BCUT2D eigenvalue weighted by atomic mass is 32.1. The van der Waals surface area contributed by atoms with E-state index in [2.05, 4.69) is 53.2 Å². The van der Waals surface area contributed by atoms with Crippen molar-refractivity contribution in [1.82, 2.24) is 15.0 Å². The van der Waals surface area contributed by atoms with Crippen molar-refractivity contribution < 1.29 is 9.47 Å². The maximum atomic E-state index is 5.47. The monoisotopic (exact) mass is 496 g/mol. The number of aromatic amines is 1. The minimum Gasteiger partial charge on any atom is -0.493 e. The lowest BCUT2D eigenvalue weighted by molar-refractivity contribution is 0.355. The van der Waals surface area contributed by atoms with E-state index in [0.717, 1.165) is 36.5 Å². The summed E-state index contributed by atoms with van der Waals surface area (Å²) >= 11 is 1.88. The van der Waals surface area contributed by atoms with Crippen LogP contribution in [0, 0.1) is 0 Å². The molecule has 0 amide bonds. The van der Waals surface area contributed by atoms with E-state index < -0.39 is 0 Å². The summed E-state index contributed by atoms with van der Waals surface area (Å²) in [5.74, 6) is 2.12. The first kappa shape index (κ1) is 22.6. The number of para-hydroxylation sites is 1. The number of H-pyrrole nitrogens is 1. The van der Waals surface area contributed by atoms with E-state index in [1.165, 1.54) is 31.9 Å². The van der Waals surface area contributed by atoms with Gasteiger partial charge in [0, 0.05) is 50.9 Å². The van der Waals surface area contributed by atoms with Crippen LogP contribution in [0.1, 0.15) is 34.0 Å². The largest absolute Gasteiger partial charge is 0.493 e. The van der Waals surface area contributed by atoms with E-state index in [1.54, 1.807) is 14.2 Å². The van der Waals surface area contributed by atoms with Gasteiger partial charge in [-0.15, -0.1) is 11.3 Å². The molecule has 3 aromatic heterocycles. The molecule has 182 valence electrons. The van der Waals surface area contributed by atoms with E-state index in [4.69, 9.17) is 19.4 Å². The van der Waals surface area contributed by atoms with Gasteiger partial charge in [-0.1, -0.05) is 31.2 Å². The van der Waals surface area contributed by atoms with Crippen molar-refractivity contribution >= 4 is 28.2 Å². The molecule has 5 aromatic rings. The molecule has 6 rings (SSSR count). The maximum absolute atomic E-state index is 5.47. The highest BCUT2D eigenvalue weighted by molar-refractivity contribution is 7.12. The lowest BCUT2D eigenvalue weighted by Crippen LogP contribution is -2.36. The first-order valence-electron chi connectivity index (χ1n) is 12.2. The lowest BCUT2D eigenvalue weighted by Gasteiger charge is -2.35. The van der Waals surface area contributed by atoms with Gasteiger partial charge in [-0.25, -0.2) is 9.97 Å². The molecule has 7 heteroatoms. The summed E-state index contributed by atoms with van der Waals surface area (Å²) in [7, 11) is 3.28. The summed E-state index contributed by atoms with van der Waals surface area (Å²) in [4.78, 5) is 18.4. The third-order valence-corrected chi connectivity index (χ3v) is 8.23. The summed E-state index contributed by atoms with van der Waals surface area (Å²) in [6.07, 6.45) is 5.77. The number of benzene rings is 2. The smallest absolute Gasteiger partial charge is 0.226 e. The second kappa shape index (κ2) is 9.32. The molecule has 0 radical (unpaired) electrons. The number of nitrogens with one attached hydrogen (secondary N) is 1. The molecule has 0 saturated carbocycles. The number of ether oxygens (including phenoxy) is 2. The highest BCUT2D eigenvalue weighted by Gasteiger charge is 2.34. The molecule has 0 aliphatic carbocycles. The topological polar surface area (TPSA) is 63.3 Å². The summed E-state index contributed by atoms with van der Waals surface area (Å²) in [6, 6.07) is 19.0. The molecule has 0 bridgehead atoms. The fourth-order valence-electron chi connectivity index (χ4n) is 5.12. The molecular formula is C29H28N4O2S. The Bertz CT molecular complexity index is 1520. The zero-order chi connectivity index (χ0) is 24.6. The Morgan fingerprint density at radius 1 is 0.972 bits per heavy atom. The fourth-order valence-corrected chi connectivity index (χ4v) is 6.19. The van der Waals surface area contributed by atoms with Crippen LogP contribution in [-0.4, -0.2) is 35.7 Å². The van der Waals surface area contributed by atoms with Gasteiger partial charge in [0.25, 0.3) is 0 Å². The van der Waals surface area contributed by atoms with Gasteiger partial charge in [-0.3, -0.25) is 0 Å². The predicted molar refractivity (Wildman–Crippen MR) is 145 cm³/mol. The number of fused-ring (bicyclic) bond motifs is 3. The number of methoxy groups -OCH3 is 2. The molecule has 1 atom stereocenters. The van der Waals surface area contributed by atoms with Crippen molar-refractivity contribution in [2.75, 3.05) is 25.7 Å². The number of thiophene rings is 1. The first-order chi connectivity index (χ1) is 17.7. The van der Waals surface area contributed by atoms with E-state index in [-0.39, 0.29) is 6.04 Å². The van der Waals surface area contributed by atoms with Gasteiger partial charge in [-0.05, 0) is 54.3 Å². The molecule has 0 fully saturated rings. The Balaban J connectivity index is 1.40. The second-order valence-corrected chi connectivity index (χ2v) is 10.1. The quantitative estimate of drug-likeness (QED) is 0.294. The van der Waals surface area contributed by atoms with Crippen LogP contribution in [0.25, 0.3) is 22.0 Å². The molecule has 1 aliphatic rings. The molecule has 6 nitrogen and oxygen atoms in total. The number of aryl methyl sites for hydroxylation is 1. The molecule has 4 heterocycles. The van der Waals surface area contributed by atoms with E-state index >= 15 is 0 Å². The van der Waals surface area contributed by atoms with Crippen molar-refractivity contribution in [3.63, 3.8) is 0 Å². The zero-order valence-corrected chi connectivity index (χ0v) is 21.4. The fraction of sp³-hybridized carbons (Fsp3) is 0.241. The third kappa shape index (κ3) is 3.80. The number of hydrogen-bond acceptors (Lipinski definition) is 6. The van der Waals surface area contributed by atoms with Crippen molar-refractivity contribution in [2.45, 2.75) is 25.8 Å². The van der Waals surface area contributed by atoms with Crippen molar-refractivity contribution in [1.29, 1.82) is 0 Å². The molecule has 1 aliphatic heterocycles. The van der Waals surface area contributed by atoms with Crippen LogP contribution < -0.4 is 14.4 Å². The zero-order valence-electron chi connectivity index (χ0n) is 20.6. The molecule has 0 spiro atoms. The van der Waals surface area contributed by atoms with Crippen LogP contribution >= 0.6 is 11.3 Å². The minimum absolute atomic E-state index is 0.0541. The maximum Gasteiger partial charge on any atom is 0.226 e. The molecule has 2 aromatic carbocycles. The second-order valence-electron chi connectivity index (χ2n) is 8.91. The van der Waals surface area contributed by atoms with E-state index in [0.29, 0.717) is 11.5 Å². The number of aromatic nitrogens is 3. The normalized spacial score (nSPS) is 15.2. The van der Waals surface area contributed by atoms with Gasteiger partial charge in [0.15, 0.2) is 11.5 Å². The molecule has 0 saturated heterocycles. The summed E-state index contributed by atoms with van der Waals surface area (Å²) in [6.45, 7) is 3.06. The molecule has 1 unspecified atom stereocenters. The van der Waals surface area contributed by atoms with Crippen LogP contribution in [0.2, 0.25) is 0 Å². The van der Waals surface area contributed by atoms with Gasteiger partial charge in [0.1, 0.15) is 6.04 Å². The van der Waals surface area contributed by atoms with Crippen molar-refractivity contribution in [3.05, 3.63) is 88.0 Å². The Kier molecular flexibility index (Phi) is 5.85. The van der Waals surface area contributed by atoms with Gasteiger partial charge in [0.2, 0.25) is 5.95 Å². The van der Waals surface area contributed by atoms with Crippen LogP contribution in [0.4, 0.5) is 5.95 Å². The Hall–Kier alpha value is -3.84. The summed E-state index contributed by atoms with van der Waals surface area (Å²) < 4.78 is 10.8. The van der Waals surface area contributed by atoms with Gasteiger partial charge in [0.05, 0.1) is 14.2 Å². The number of rotatable bonds is 6. The molecular weight excluding hydrogens is 468 g/mol. The Morgan fingerprint density at radius 3 is 2.53 bits per heavy atom. The number of anilines is 1. The highest BCUT2D eigenvalue weighted by Crippen LogP contribution is 2.42. The van der Waals surface area contributed by atoms with E-state index in [9.17, 15) is 0 Å². The van der Waals surface area contributed by atoms with Crippen LogP contribution in [0.5, 0.6) is 11.5 Å². The Morgan fingerprint density at radius 2 is 1.78 bits per heavy atom. The molecule has 1 N–H and O–H groups in total. The van der Waals surface area contributed by atoms with Crippen LogP contribution in [-0.2, 0) is 12.8 Å². The standard InChI is InChI=1S/C29H28N4O2S/c1-4-20-10-12-26(36-20)28-27-22(21-7-5-6-8-23(21)32-27)13-14-33(28)29-30-16-19(17-31-29)18-9-11-24(34-2)25(15-18)35-3/h5-12,15-17,28,32H,4,13-14H2,1-3H3. The van der Waals surface area contributed by atoms with Crippen LogP contribution in [0.15, 0.2) is 67.0 Å². The summed E-state index contributed by atoms with van der Waals surface area (Å²) in [5.41, 5.74) is 5.76. The van der Waals surface area contributed by atoms with Crippen molar-refractivity contribution in [2.24, 2.45) is 0 Å². The predicted octanol–water partition coefficient (Wildman–Crippen LogP) is 6.42. The lowest BCUT2D eigenvalue weighted by atomic mass is 9.96. The Labute approximate surface area is 214 Å². The number of nitrogens with zero attached hydrogens (tertiary/aromatic N) is 3. The van der Waals surface area contributed by atoms with Gasteiger partial charge in [-0.2, -0.15) is 0 Å². The van der Waals surface area contributed by atoms with Crippen LogP contribution in [0.3, 0.4) is 0 Å². The van der Waals surface area contributed by atoms with Crippen molar-refractivity contribution in [3.8, 4) is 22.6 Å². The average Bonchev–Trinajstić information content (AvgIpc) is 3.57. The first-order valence-corrected chi connectivity index (χ1v) is 13.0. The summed E-state index contributed by atoms with van der Waals surface area (Å²) in [5, 5.41) is 1.31. The van der Waals surface area contributed by atoms with Gasteiger partial charge < -0.3 is 19.4 Å². The number of hydrogen-bond donors (Lipinski definition) is 1. The SMILES string of the molecule is CCc1ccc(C2c3[nH]c4ccccc4c3CCN2c2ncc(-c3ccc(OC)c(OC)c3)cn2)s1. The van der Waals surface area contributed by atoms with E-state index in [1.807, 2.05) is 41.9 Å². The average molecular weight is 497 g/mol. The minimum atomic E-state index is 0.0541.